The second-order valence-corrected chi connectivity index (χ2v) is 6.29. The fraction of sp³-hybridized carbons (Fsp3) is 0.600. The summed E-state index contributed by atoms with van der Waals surface area (Å²) in [6.07, 6.45) is 2.81. The van der Waals surface area contributed by atoms with Gasteiger partial charge >= 0.3 is 0 Å². The van der Waals surface area contributed by atoms with E-state index in [9.17, 15) is 0 Å². The first-order valence-electron chi connectivity index (χ1n) is 7.04. The normalized spacial score (nSPS) is 14.8. The molecule has 0 spiro atoms. The second-order valence-electron chi connectivity index (χ2n) is 5.08. The molecule has 2 aromatic heterocycles. The minimum absolute atomic E-state index is 0.438. The van der Waals surface area contributed by atoms with Gasteiger partial charge in [-0.2, -0.15) is 0 Å². The first-order valence-corrected chi connectivity index (χ1v) is 7.85. The van der Waals surface area contributed by atoms with E-state index in [0.29, 0.717) is 12.0 Å². The number of aromatic nitrogens is 2. The number of nitrogens with zero attached hydrogens (tertiary/aromatic N) is 2. The number of nitrogens with one attached hydrogen (secondary N) is 1. The third-order valence-corrected chi connectivity index (χ3v) is 5.03. The molecule has 0 amide bonds. The molecule has 2 unspecified atom stereocenters. The summed E-state index contributed by atoms with van der Waals surface area (Å²) in [5, 5.41) is 4.81. The topological polar surface area (TPSA) is 37.8 Å². The van der Waals surface area contributed by atoms with Crippen molar-refractivity contribution in [1.29, 1.82) is 0 Å². The Morgan fingerprint density at radius 3 is 2.63 bits per heavy atom. The van der Waals surface area contributed by atoms with Gasteiger partial charge in [-0.25, -0.2) is 9.97 Å². The van der Waals surface area contributed by atoms with E-state index in [0.717, 1.165) is 17.8 Å². The molecule has 0 aliphatic rings. The van der Waals surface area contributed by atoms with Crippen LogP contribution in [0.3, 0.4) is 0 Å². The molecule has 3 nitrogen and oxygen atoms in total. The predicted octanol–water partition coefficient (Wildman–Crippen LogP) is 3.80. The zero-order chi connectivity index (χ0) is 14.0. The van der Waals surface area contributed by atoms with Gasteiger partial charge in [-0.15, -0.1) is 11.3 Å². The molecular formula is C15H23N3S. The van der Waals surface area contributed by atoms with Crippen molar-refractivity contribution in [2.75, 3.05) is 6.54 Å². The van der Waals surface area contributed by atoms with E-state index in [-0.39, 0.29) is 0 Å². The van der Waals surface area contributed by atoms with Crippen LogP contribution in [0.5, 0.6) is 0 Å². The Labute approximate surface area is 119 Å². The molecule has 0 saturated carbocycles. The van der Waals surface area contributed by atoms with E-state index < -0.39 is 0 Å². The number of hydrogen-bond donors (Lipinski definition) is 1. The van der Waals surface area contributed by atoms with E-state index in [4.69, 9.17) is 0 Å². The third kappa shape index (κ3) is 2.65. The maximum atomic E-state index is 4.61. The molecule has 0 fully saturated rings. The average Bonchev–Trinajstić information content (AvgIpc) is 2.67. The molecule has 2 atom stereocenters. The second kappa shape index (κ2) is 5.97. The molecular weight excluding hydrogens is 254 g/mol. The molecule has 0 bridgehead atoms. The highest BCUT2D eigenvalue weighted by Gasteiger charge is 2.23. The fourth-order valence-electron chi connectivity index (χ4n) is 2.74. The summed E-state index contributed by atoms with van der Waals surface area (Å²) in [4.78, 5) is 11.5. The van der Waals surface area contributed by atoms with Crippen LogP contribution >= 0.6 is 11.3 Å². The van der Waals surface area contributed by atoms with E-state index in [2.05, 4.69) is 49.9 Å². The molecule has 0 aromatic carbocycles. The maximum absolute atomic E-state index is 4.61. The molecule has 0 radical (unpaired) electrons. The molecule has 2 rings (SSSR count). The molecule has 0 aliphatic carbocycles. The standard InChI is InChI=1S/C15H23N3S/c1-6-12(10(4)16-7-2)14-13-9(3)11(5)19-15(13)18-8-17-14/h8,10,12,16H,6-7H2,1-5H3. The molecule has 0 saturated heterocycles. The summed E-state index contributed by atoms with van der Waals surface area (Å²) >= 11 is 1.77. The Kier molecular flexibility index (Phi) is 4.53. The number of hydrogen-bond acceptors (Lipinski definition) is 4. The average molecular weight is 277 g/mol. The van der Waals surface area contributed by atoms with Gasteiger partial charge in [-0.05, 0) is 39.3 Å². The predicted molar refractivity (Wildman–Crippen MR) is 83.1 cm³/mol. The fourth-order valence-corrected chi connectivity index (χ4v) is 3.74. The highest BCUT2D eigenvalue weighted by molar-refractivity contribution is 7.18. The minimum Gasteiger partial charge on any atom is -0.314 e. The number of thiophene rings is 1. The van der Waals surface area contributed by atoms with E-state index in [1.54, 1.807) is 17.7 Å². The lowest BCUT2D eigenvalue weighted by molar-refractivity contribution is 0.455. The van der Waals surface area contributed by atoms with Gasteiger partial charge < -0.3 is 5.32 Å². The van der Waals surface area contributed by atoms with Crippen LogP contribution in [-0.2, 0) is 0 Å². The van der Waals surface area contributed by atoms with Gasteiger partial charge in [-0.1, -0.05) is 13.8 Å². The number of aryl methyl sites for hydroxylation is 2. The van der Waals surface area contributed by atoms with Crippen LogP contribution in [-0.4, -0.2) is 22.6 Å². The van der Waals surface area contributed by atoms with Crippen LogP contribution in [0.25, 0.3) is 10.2 Å². The van der Waals surface area contributed by atoms with Crippen LogP contribution in [0.15, 0.2) is 6.33 Å². The summed E-state index contributed by atoms with van der Waals surface area (Å²) in [6.45, 7) is 12.0. The highest BCUT2D eigenvalue weighted by Crippen LogP contribution is 2.35. The van der Waals surface area contributed by atoms with Crippen LogP contribution in [0.4, 0.5) is 0 Å². The monoisotopic (exact) mass is 277 g/mol. The van der Waals surface area contributed by atoms with Crippen LogP contribution in [0.1, 0.15) is 49.2 Å². The molecule has 104 valence electrons. The Morgan fingerprint density at radius 2 is 2.00 bits per heavy atom. The van der Waals surface area contributed by atoms with Gasteiger partial charge in [0.2, 0.25) is 0 Å². The lowest BCUT2D eigenvalue weighted by atomic mass is 9.91. The summed E-state index contributed by atoms with van der Waals surface area (Å²) in [6, 6.07) is 0.438. The van der Waals surface area contributed by atoms with Crippen LogP contribution in [0, 0.1) is 13.8 Å². The maximum Gasteiger partial charge on any atom is 0.127 e. The first-order chi connectivity index (χ1) is 9.10. The van der Waals surface area contributed by atoms with E-state index >= 15 is 0 Å². The lowest BCUT2D eigenvalue weighted by Crippen LogP contribution is -2.32. The molecule has 4 heteroatoms. The Balaban J connectivity index is 2.54. The largest absolute Gasteiger partial charge is 0.314 e. The van der Waals surface area contributed by atoms with Gasteiger partial charge in [0.05, 0.1) is 5.69 Å². The summed E-state index contributed by atoms with van der Waals surface area (Å²) < 4.78 is 0. The van der Waals surface area contributed by atoms with Crippen molar-refractivity contribution in [2.45, 2.75) is 53.0 Å². The highest BCUT2D eigenvalue weighted by atomic mass is 32.1. The van der Waals surface area contributed by atoms with Gasteiger partial charge in [0.15, 0.2) is 0 Å². The van der Waals surface area contributed by atoms with Crippen LogP contribution in [0.2, 0.25) is 0 Å². The summed E-state index contributed by atoms with van der Waals surface area (Å²) in [5.74, 6) is 0.443. The van der Waals surface area contributed by atoms with E-state index in [1.807, 2.05) is 0 Å². The van der Waals surface area contributed by atoms with Gasteiger partial charge in [-0.3, -0.25) is 0 Å². The molecule has 2 aromatic rings. The Morgan fingerprint density at radius 1 is 1.26 bits per heavy atom. The molecule has 2 heterocycles. The van der Waals surface area contributed by atoms with Crippen molar-refractivity contribution >= 4 is 21.6 Å². The number of likely N-dealkylation sites (N-methyl/N-ethyl adjacent to an activating group) is 1. The van der Waals surface area contributed by atoms with Crippen molar-refractivity contribution in [3.8, 4) is 0 Å². The van der Waals surface area contributed by atoms with Crippen molar-refractivity contribution in [1.82, 2.24) is 15.3 Å². The number of rotatable bonds is 5. The molecule has 0 aliphatic heterocycles. The van der Waals surface area contributed by atoms with Crippen molar-refractivity contribution in [3.63, 3.8) is 0 Å². The minimum atomic E-state index is 0.438. The quantitative estimate of drug-likeness (QED) is 0.903. The Bertz CT molecular complexity index is 562. The first kappa shape index (κ1) is 14.4. The summed E-state index contributed by atoms with van der Waals surface area (Å²) in [5.41, 5.74) is 2.56. The van der Waals surface area contributed by atoms with Gasteiger partial charge in [0, 0.05) is 22.2 Å². The summed E-state index contributed by atoms with van der Waals surface area (Å²) in [7, 11) is 0. The zero-order valence-corrected chi connectivity index (χ0v) is 13.3. The van der Waals surface area contributed by atoms with Gasteiger partial charge in [0.25, 0.3) is 0 Å². The van der Waals surface area contributed by atoms with E-state index in [1.165, 1.54) is 21.5 Å². The SMILES string of the molecule is CCNC(C)C(CC)c1ncnc2sc(C)c(C)c12. The smallest absolute Gasteiger partial charge is 0.127 e. The van der Waals surface area contributed by atoms with Crippen molar-refractivity contribution in [2.24, 2.45) is 0 Å². The van der Waals surface area contributed by atoms with Crippen molar-refractivity contribution in [3.05, 3.63) is 22.5 Å². The third-order valence-electron chi connectivity index (χ3n) is 3.92. The number of fused-ring (bicyclic) bond motifs is 1. The zero-order valence-electron chi connectivity index (χ0n) is 12.4. The Hall–Kier alpha value is -1.00. The van der Waals surface area contributed by atoms with Crippen molar-refractivity contribution < 1.29 is 0 Å². The molecule has 1 N–H and O–H groups in total. The van der Waals surface area contributed by atoms with Gasteiger partial charge in [0.1, 0.15) is 11.2 Å². The lowest BCUT2D eigenvalue weighted by Gasteiger charge is -2.23. The van der Waals surface area contributed by atoms with Crippen LogP contribution < -0.4 is 5.32 Å². The molecule has 19 heavy (non-hydrogen) atoms.